The van der Waals surface area contributed by atoms with Gasteiger partial charge in [-0.1, -0.05) is 19.3 Å². The third-order valence-corrected chi connectivity index (χ3v) is 5.61. The van der Waals surface area contributed by atoms with Crippen molar-refractivity contribution >= 4 is 26.6 Å². The molecule has 0 atom stereocenters. The average molecular weight is 350 g/mol. The summed E-state index contributed by atoms with van der Waals surface area (Å²) in [5, 5.41) is -0.838. The molecule has 0 aromatic heterocycles. The van der Waals surface area contributed by atoms with Crippen LogP contribution in [0.2, 0.25) is 0 Å². The second kappa shape index (κ2) is 7.51. The van der Waals surface area contributed by atoms with Crippen molar-refractivity contribution in [2.24, 2.45) is 5.92 Å². The monoisotopic (exact) mass is 350 g/mol. The fourth-order valence-corrected chi connectivity index (χ4v) is 4.00. The van der Waals surface area contributed by atoms with Crippen LogP contribution in [0.3, 0.4) is 0 Å². The third-order valence-electron chi connectivity index (χ3n) is 3.93. The van der Waals surface area contributed by atoms with E-state index in [4.69, 9.17) is 10.3 Å². The standard InChI is InChI=1S/C16H18N2O5S/c1-11(19)23-13-7-9-14(10-8-13)24(21,22)16(18-17)15(20)12-5-3-2-4-6-12/h7-10,12H,2-6H2,1H3. The number of carbonyl (C=O) groups is 2. The molecule has 7 nitrogen and oxygen atoms in total. The number of carbonyl (C=O) groups excluding carboxylic acids is 2. The molecule has 2 rings (SSSR count). The lowest BCUT2D eigenvalue weighted by molar-refractivity contribution is -0.131. The zero-order valence-corrected chi connectivity index (χ0v) is 14.1. The van der Waals surface area contributed by atoms with E-state index >= 15 is 0 Å². The maximum absolute atomic E-state index is 12.6. The fourth-order valence-electron chi connectivity index (χ4n) is 2.74. The molecule has 0 saturated heterocycles. The van der Waals surface area contributed by atoms with E-state index in [0.29, 0.717) is 12.8 Å². The van der Waals surface area contributed by atoms with Gasteiger partial charge in [-0.2, -0.15) is 0 Å². The Morgan fingerprint density at radius 3 is 2.21 bits per heavy atom. The predicted octanol–water partition coefficient (Wildman–Crippen LogP) is 2.16. The normalized spacial score (nSPS) is 15.4. The molecule has 24 heavy (non-hydrogen) atoms. The number of esters is 1. The molecule has 0 amide bonds. The van der Waals surface area contributed by atoms with Crippen LogP contribution in [0, 0.1) is 5.92 Å². The molecule has 0 unspecified atom stereocenters. The van der Waals surface area contributed by atoms with Crippen LogP contribution in [0.5, 0.6) is 5.75 Å². The number of benzene rings is 1. The summed E-state index contributed by atoms with van der Waals surface area (Å²) in [6.45, 7) is 1.23. The lowest BCUT2D eigenvalue weighted by Crippen LogP contribution is -2.32. The first-order valence-corrected chi connectivity index (χ1v) is 9.14. The van der Waals surface area contributed by atoms with Gasteiger partial charge in [-0.3, -0.25) is 9.59 Å². The molecule has 1 aromatic carbocycles. The lowest BCUT2D eigenvalue weighted by Gasteiger charge is -2.18. The smallest absolute Gasteiger partial charge is 0.427 e. The van der Waals surface area contributed by atoms with Crippen molar-refractivity contribution in [2.75, 3.05) is 0 Å². The van der Waals surface area contributed by atoms with Crippen molar-refractivity contribution in [1.82, 2.24) is 0 Å². The molecule has 1 fully saturated rings. The Hall–Kier alpha value is -2.31. The summed E-state index contributed by atoms with van der Waals surface area (Å²) < 4.78 is 30.0. The first-order chi connectivity index (χ1) is 11.4. The van der Waals surface area contributed by atoms with Crippen LogP contribution in [0.1, 0.15) is 39.0 Å². The summed E-state index contributed by atoms with van der Waals surface area (Å²) in [4.78, 5) is 25.9. The number of ketones is 1. The average Bonchev–Trinajstić information content (AvgIpc) is 2.56. The van der Waals surface area contributed by atoms with Crippen LogP contribution >= 0.6 is 0 Å². The van der Waals surface area contributed by atoms with Crippen molar-refractivity contribution in [2.45, 2.75) is 43.9 Å². The first-order valence-electron chi connectivity index (χ1n) is 7.66. The van der Waals surface area contributed by atoms with Gasteiger partial charge in [0.1, 0.15) is 5.75 Å². The Bertz CT molecular complexity index is 786. The maximum Gasteiger partial charge on any atom is 0.452 e. The summed E-state index contributed by atoms with van der Waals surface area (Å²) in [6.07, 6.45) is 3.91. The largest absolute Gasteiger partial charge is 0.452 e. The van der Waals surface area contributed by atoms with Gasteiger partial charge < -0.3 is 10.3 Å². The van der Waals surface area contributed by atoms with E-state index in [9.17, 15) is 18.0 Å². The Morgan fingerprint density at radius 2 is 1.71 bits per heavy atom. The number of ether oxygens (including phenoxy) is 1. The highest BCUT2D eigenvalue weighted by Gasteiger charge is 2.41. The first kappa shape index (κ1) is 18.0. The van der Waals surface area contributed by atoms with Gasteiger partial charge in [-0.25, -0.2) is 8.42 Å². The highest BCUT2D eigenvalue weighted by atomic mass is 32.2. The molecule has 128 valence electrons. The van der Waals surface area contributed by atoms with Crippen molar-refractivity contribution in [3.8, 4) is 5.75 Å². The van der Waals surface area contributed by atoms with Gasteiger partial charge in [0, 0.05) is 12.8 Å². The van der Waals surface area contributed by atoms with E-state index in [1.54, 1.807) is 0 Å². The Morgan fingerprint density at radius 1 is 1.12 bits per heavy atom. The van der Waals surface area contributed by atoms with Crippen LogP contribution in [-0.2, 0) is 19.4 Å². The van der Waals surface area contributed by atoms with Gasteiger partial charge in [0.15, 0.2) is 0 Å². The zero-order valence-electron chi connectivity index (χ0n) is 13.3. The summed E-state index contributed by atoms with van der Waals surface area (Å²) in [7, 11) is -4.23. The molecular formula is C16H18N2O5S. The minimum atomic E-state index is -4.23. The second-order valence-electron chi connectivity index (χ2n) is 5.67. The predicted molar refractivity (Wildman–Crippen MR) is 85.1 cm³/mol. The highest BCUT2D eigenvalue weighted by molar-refractivity contribution is 8.08. The summed E-state index contributed by atoms with van der Waals surface area (Å²) >= 11 is 0. The maximum atomic E-state index is 12.6. The van der Waals surface area contributed by atoms with E-state index in [0.717, 1.165) is 19.3 Å². The van der Waals surface area contributed by atoms with Gasteiger partial charge in [0.05, 0.1) is 4.90 Å². The minimum absolute atomic E-state index is 0.183. The minimum Gasteiger partial charge on any atom is -0.427 e. The van der Waals surface area contributed by atoms with Crippen LogP contribution < -0.4 is 4.74 Å². The van der Waals surface area contributed by atoms with Crippen LogP contribution in [0.25, 0.3) is 5.53 Å². The number of hydrogen-bond acceptors (Lipinski definition) is 5. The van der Waals surface area contributed by atoms with Gasteiger partial charge in [0.2, 0.25) is 0 Å². The molecule has 8 heteroatoms. The second-order valence-corrected chi connectivity index (χ2v) is 7.54. The summed E-state index contributed by atoms with van der Waals surface area (Å²) in [5.74, 6) is -1.43. The number of nitrogens with zero attached hydrogens (tertiary/aromatic N) is 2. The van der Waals surface area contributed by atoms with E-state index in [2.05, 4.69) is 4.79 Å². The van der Waals surface area contributed by atoms with Crippen molar-refractivity contribution in [3.05, 3.63) is 29.8 Å². The number of sulfone groups is 1. The Kier molecular flexibility index (Phi) is 5.64. The SMILES string of the molecule is CC(=O)Oc1ccc(S(=O)(=O)C(=[N+]=[N-])C(=O)C2CCCCC2)cc1. The number of Topliss-reactive ketones (excluding diaryl/α,β-unsaturated/α-hetero) is 1. The van der Waals surface area contributed by atoms with E-state index < -0.39 is 32.6 Å². The van der Waals surface area contributed by atoms with Crippen LogP contribution in [0.15, 0.2) is 29.2 Å². The molecular weight excluding hydrogens is 332 g/mol. The number of rotatable bonds is 4. The Balaban J connectivity index is 2.28. The summed E-state index contributed by atoms with van der Waals surface area (Å²) in [5.41, 5.74) is 9.12. The van der Waals surface area contributed by atoms with Gasteiger partial charge in [-0.15, -0.1) is 4.79 Å². The molecule has 0 heterocycles. The molecule has 0 aliphatic heterocycles. The molecule has 0 N–H and O–H groups in total. The van der Waals surface area contributed by atoms with Crippen LogP contribution in [-0.4, -0.2) is 30.0 Å². The van der Waals surface area contributed by atoms with Crippen LogP contribution in [0.4, 0.5) is 0 Å². The lowest BCUT2D eigenvalue weighted by atomic mass is 9.86. The fraction of sp³-hybridized carbons (Fsp3) is 0.438. The van der Waals surface area contributed by atoms with E-state index in [-0.39, 0.29) is 10.6 Å². The van der Waals surface area contributed by atoms with Crippen molar-refractivity contribution < 1.29 is 27.5 Å². The zero-order chi connectivity index (χ0) is 17.7. The van der Waals surface area contributed by atoms with Crippen molar-refractivity contribution in [3.63, 3.8) is 0 Å². The Labute approximate surface area is 140 Å². The molecule has 0 radical (unpaired) electrons. The van der Waals surface area contributed by atoms with E-state index in [1.165, 1.54) is 31.2 Å². The quantitative estimate of drug-likeness (QED) is 0.206. The topological polar surface area (TPSA) is 114 Å². The molecule has 0 bridgehead atoms. The molecule has 1 aromatic rings. The molecule has 1 saturated carbocycles. The third kappa shape index (κ3) is 3.96. The highest BCUT2D eigenvalue weighted by Crippen LogP contribution is 2.26. The summed E-state index contributed by atoms with van der Waals surface area (Å²) in [6, 6.07) is 5.00. The number of hydrogen-bond donors (Lipinski definition) is 0. The van der Waals surface area contributed by atoms with E-state index in [1.807, 2.05) is 0 Å². The molecule has 1 aliphatic rings. The molecule has 0 spiro atoms. The van der Waals surface area contributed by atoms with Gasteiger partial charge in [0.25, 0.3) is 15.6 Å². The van der Waals surface area contributed by atoms with Gasteiger partial charge >= 0.3 is 11.0 Å². The van der Waals surface area contributed by atoms with Gasteiger partial charge in [-0.05, 0) is 37.1 Å². The van der Waals surface area contributed by atoms with Crippen molar-refractivity contribution in [1.29, 1.82) is 0 Å². The molecule has 1 aliphatic carbocycles.